The monoisotopic (exact) mass is 191 g/mol. The van der Waals surface area contributed by atoms with Gasteiger partial charge in [-0.1, -0.05) is 6.07 Å². The van der Waals surface area contributed by atoms with Gasteiger partial charge in [0.15, 0.2) is 12.9 Å². The molecule has 1 heterocycles. The Labute approximate surface area is 81.3 Å². The lowest BCUT2D eigenvalue weighted by Crippen LogP contribution is -2.11. The Bertz CT molecular complexity index is 383. The lowest BCUT2D eigenvalue weighted by Gasteiger charge is -2.18. The molecule has 4 heteroatoms. The van der Waals surface area contributed by atoms with Crippen LogP contribution in [0.15, 0.2) is 18.2 Å². The first kappa shape index (κ1) is 9.00. The van der Waals surface area contributed by atoms with E-state index < -0.39 is 6.10 Å². The van der Waals surface area contributed by atoms with Gasteiger partial charge in [-0.15, -0.1) is 0 Å². The molecular formula is C10H9NO3. The van der Waals surface area contributed by atoms with Gasteiger partial charge in [-0.25, -0.2) is 0 Å². The minimum absolute atomic E-state index is 0.257. The third-order valence-electron chi connectivity index (χ3n) is 2.08. The van der Waals surface area contributed by atoms with Gasteiger partial charge in [-0.3, -0.25) is 0 Å². The number of hydrogen-bond donors (Lipinski definition) is 1. The van der Waals surface area contributed by atoms with E-state index in [0.29, 0.717) is 12.2 Å². The van der Waals surface area contributed by atoms with E-state index in [-0.39, 0.29) is 6.79 Å². The molecule has 4 nitrogen and oxygen atoms in total. The summed E-state index contributed by atoms with van der Waals surface area (Å²) in [5.74, 6) is 0.755. The van der Waals surface area contributed by atoms with Gasteiger partial charge in [-0.2, -0.15) is 5.26 Å². The summed E-state index contributed by atoms with van der Waals surface area (Å²) in [6.45, 7) is 0.717. The van der Waals surface area contributed by atoms with Gasteiger partial charge in [0.25, 0.3) is 0 Å². The second-order valence-corrected chi connectivity index (χ2v) is 3.01. The minimum atomic E-state index is -1.08. The van der Waals surface area contributed by atoms with Crippen LogP contribution < -0.4 is 4.74 Å². The van der Waals surface area contributed by atoms with Gasteiger partial charge in [0.2, 0.25) is 0 Å². The van der Waals surface area contributed by atoms with Crippen LogP contribution in [0.3, 0.4) is 0 Å². The van der Waals surface area contributed by atoms with E-state index in [1.165, 1.54) is 0 Å². The number of nitrogens with zero attached hydrogens (tertiary/aromatic N) is 1. The molecule has 1 aromatic carbocycles. The van der Waals surface area contributed by atoms with Crippen LogP contribution in [0, 0.1) is 11.3 Å². The van der Waals surface area contributed by atoms with Gasteiger partial charge in [0, 0.05) is 5.56 Å². The van der Waals surface area contributed by atoms with Gasteiger partial charge < -0.3 is 14.6 Å². The molecule has 1 unspecified atom stereocenters. The molecule has 0 bridgehead atoms. The van der Waals surface area contributed by atoms with E-state index in [2.05, 4.69) is 0 Å². The van der Waals surface area contributed by atoms with Crippen molar-refractivity contribution < 1.29 is 14.6 Å². The van der Waals surface area contributed by atoms with E-state index in [1.54, 1.807) is 24.3 Å². The van der Waals surface area contributed by atoms with E-state index in [9.17, 15) is 5.11 Å². The fraction of sp³-hybridized carbons (Fsp3) is 0.300. The molecular weight excluding hydrogens is 182 g/mol. The van der Waals surface area contributed by atoms with Gasteiger partial charge in [0.05, 0.1) is 12.7 Å². The van der Waals surface area contributed by atoms with Crippen LogP contribution in [-0.4, -0.2) is 11.9 Å². The highest BCUT2D eigenvalue weighted by Crippen LogP contribution is 2.26. The molecule has 1 aliphatic rings. The average Bonchev–Trinajstić information content (AvgIpc) is 2.27. The van der Waals surface area contributed by atoms with Crippen molar-refractivity contribution in [3.05, 3.63) is 29.3 Å². The Morgan fingerprint density at radius 2 is 2.36 bits per heavy atom. The van der Waals surface area contributed by atoms with Crippen LogP contribution in [-0.2, 0) is 11.3 Å². The molecule has 0 fully saturated rings. The van der Waals surface area contributed by atoms with Crippen LogP contribution in [0.1, 0.15) is 17.2 Å². The summed E-state index contributed by atoms with van der Waals surface area (Å²) < 4.78 is 10.3. The number of benzene rings is 1. The molecule has 1 aromatic rings. The van der Waals surface area contributed by atoms with E-state index in [4.69, 9.17) is 14.7 Å². The predicted octanol–water partition coefficient (Wildman–Crippen LogP) is 1.11. The van der Waals surface area contributed by atoms with Gasteiger partial charge in [0.1, 0.15) is 5.75 Å². The molecule has 0 spiro atoms. The number of aliphatic hydroxyl groups is 1. The first-order valence-electron chi connectivity index (χ1n) is 4.22. The lowest BCUT2D eigenvalue weighted by atomic mass is 10.1. The molecule has 0 aromatic heterocycles. The lowest BCUT2D eigenvalue weighted by molar-refractivity contribution is -0.0164. The zero-order valence-electron chi connectivity index (χ0n) is 7.43. The molecule has 14 heavy (non-hydrogen) atoms. The molecule has 0 radical (unpaired) electrons. The standard InChI is InChI=1S/C10H9NO3/c11-4-9(12)7-1-2-10-8(3-7)5-13-6-14-10/h1-3,9,12H,5-6H2. The molecule has 0 aliphatic carbocycles. The van der Waals surface area contributed by atoms with Crippen molar-refractivity contribution in [3.63, 3.8) is 0 Å². The summed E-state index contributed by atoms with van der Waals surface area (Å²) in [4.78, 5) is 0. The van der Waals surface area contributed by atoms with Crippen LogP contribution in [0.5, 0.6) is 5.75 Å². The zero-order valence-corrected chi connectivity index (χ0v) is 7.43. The Morgan fingerprint density at radius 3 is 3.14 bits per heavy atom. The Hall–Kier alpha value is -1.57. The molecule has 0 amide bonds. The Balaban J connectivity index is 2.34. The van der Waals surface area contributed by atoms with Crippen molar-refractivity contribution in [1.82, 2.24) is 0 Å². The number of fused-ring (bicyclic) bond motifs is 1. The summed E-state index contributed by atoms with van der Waals surface area (Å²) >= 11 is 0. The summed E-state index contributed by atoms with van der Waals surface area (Å²) in [7, 11) is 0. The molecule has 1 N–H and O–H groups in total. The van der Waals surface area contributed by atoms with Crippen molar-refractivity contribution in [2.75, 3.05) is 6.79 Å². The number of ether oxygens (including phenoxy) is 2. The molecule has 2 rings (SSSR count). The fourth-order valence-corrected chi connectivity index (χ4v) is 1.35. The molecule has 0 saturated heterocycles. The SMILES string of the molecule is N#CC(O)c1ccc2c(c1)COCO2. The first-order chi connectivity index (χ1) is 6.81. The second-order valence-electron chi connectivity index (χ2n) is 3.01. The Kier molecular flexibility index (Phi) is 2.35. The molecule has 1 aliphatic heterocycles. The van der Waals surface area contributed by atoms with Crippen LogP contribution in [0.4, 0.5) is 0 Å². The number of rotatable bonds is 1. The minimum Gasteiger partial charge on any atom is -0.467 e. The largest absolute Gasteiger partial charge is 0.467 e. The number of aliphatic hydroxyl groups excluding tert-OH is 1. The van der Waals surface area contributed by atoms with Crippen molar-refractivity contribution in [3.8, 4) is 11.8 Å². The summed E-state index contributed by atoms with van der Waals surface area (Å²) in [5.41, 5.74) is 1.43. The molecule has 0 saturated carbocycles. The van der Waals surface area contributed by atoms with Crippen LogP contribution >= 0.6 is 0 Å². The van der Waals surface area contributed by atoms with Crippen molar-refractivity contribution >= 4 is 0 Å². The Morgan fingerprint density at radius 1 is 1.50 bits per heavy atom. The van der Waals surface area contributed by atoms with Crippen molar-refractivity contribution in [2.24, 2.45) is 0 Å². The normalized spacial score (nSPS) is 16.3. The topological polar surface area (TPSA) is 62.5 Å². The molecule has 72 valence electrons. The highest BCUT2D eigenvalue weighted by Gasteiger charge is 2.13. The predicted molar refractivity (Wildman–Crippen MR) is 47.3 cm³/mol. The summed E-state index contributed by atoms with van der Waals surface area (Å²) in [6.07, 6.45) is -1.08. The number of hydrogen-bond acceptors (Lipinski definition) is 4. The quantitative estimate of drug-likeness (QED) is 0.675. The van der Waals surface area contributed by atoms with Crippen LogP contribution in [0.2, 0.25) is 0 Å². The highest BCUT2D eigenvalue weighted by molar-refractivity contribution is 5.39. The van der Waals surface area contributed by atoms with Crippen molar-refractivity contribution in [1.29, 1.82) is 5.26 Å². The van der Waals surface area contributed by atoms with Gasteiger partial charge >= 0.3 is 0 Å². The van der Waals surface area contributed by atoms with Crippen molar-refractivity contribution in [2.45, 2.75) is 12.7 Å². The fourth-order valence-electron chi connectivity index (χ4n) is 1.35. The third kappa shape index (κ3) is 1.55. The first-order valence-corrected chi connectivity index (χ1v) is 4.22. The van der Waals surface area contributed by atoms with E-state index >= 15 is 0 Å². The highest BCUT2D eigenvalue weighted by atomic mass is 16.7. The molecule has 1 atom stereocenters. The third-order valence-corrected chi connectivity index (χ3v) is 2.08. The maximum atomic E-state index is 9.29. The number of nitriles is 1. The zero-order chi connectivity index (χ0) is 9.97. The maximum absolute atomic E-state index is 9.29. The average molecular weight is 191 g/mol. The van der Waals surface area contributed by atoms with Crippen LogP contribution in [0.25, 0.3) is 0 Å². The second kappa shape index (κ2) is 3.66. The maximum Gasteiger partial charge on any atom is 0.189 e. The smallest absolute Gasteiger partial charge is 0.189 e. The summed E-state index contributed by atoms with van der Waals surface area (Å²) in [6, 6.07) is 6.91. The van der Waals surface area contributed by atoms with E-state index in [0.717, 1.165) is 11.3 Å². The van der Waals surface area contributed by atoms with Gasteiger partial charge in [-0.05, 0) is 17.7 Å². The van der Waals surface area contributed by atoms with E-state index in [1.807, 2.05) is 0 Å². The summed E-state index contributed by atoms with van der Waals surface area (Å²) in [5, 5.41) is 17.8.